The normalized spacial score (nSPS) is 12.6. The van der Waals surface area contributed by atoms with Crippen molar-refractivity contribution >= 4 is 26.4 Å². The number of fused-ring (bicyclic) bond motifs is 1. The van der Waals surface area contributed by atoms with Crippen LogP contribution in [-0.2, 0) is 21.1 Å². The lowest BCUT2D eigenvalue weighted by molar-refractivity contribution is -0.120. The van der Waals surface area contributed by atoms with Crippen LogP contribution in [0.25, 0.3) is 10.8 Å². The highest BCUT2D eigenvalue weighted by atomic mass is 32.2. The third-order valence-electron chi connectivity index (χ3n) is 3.78. The fourth-order valence-corrected chi connectivity index (χ4v) is 2.44. The maximum absolute atomic E-state index is 12.2. The Labute approximate surface area is 119 Å². The Kier molecular flexibility index (Phi) is 3.69. The Morgan fingerprint density at radius 2 is 1.65 bits per heavy atom. The van der Waals surface area contributed by atoms with Gasteiger partial charge in [-0.2, -0.15) is 0 Å². The van der Waals surface area contributed by atoms with E-state index in [1.54, 1.807) is 0 Å². The first-order valence-electron chi connectivity index (χ1n) is 6.42. The first-order valence-corrected chi connectivity index (χ1v) is 8.31. The Morgan fingerprint density at radius 3 is 2.25 bits per heavy atom. The zero-order chi connectivity index (χ0) is 15.0. The molecule has 0 N–H and O–H groups in total. The van der Waals surface area contributed by atoms with Crippen molar-refractivity contribution in [3.63, 3.8) is 0 Å². The molecule has 0 radical (unpaired) electrons. The number of ketones is 1. The minimum Gasteiger partial charge on any atom is -0.298 e. The van der Waals surface area contributed by atoms with E-state index < -0.39 is 14.6 Å². The molecule has 0 heterocycles. The van der Waals surface area contributed by atoms with E-state index in [9.17, 15) is 13.2 Å². The molecule has 0 aliphatic heterocycles. The zero-order valence-corrected chi connectivity index (χ0v) is 12.7. The molecule has 4 heteroatoms. The van der Waals surface area contributed by atoms with Crippen LogP contribution in [0.4, 0.5) is 0 Å². The molecule has 0 bridgehead atoms. The molecule has 0 unspecified atom stereocenters. The van der Waals surface area contributed by atoms with Crippen LogP contribution in [0, 0.1) is 0 Å². The molecule has 0 spiro atoms. The lowest BCUT2D eigenvalue weighted by Crippen LogP contribution is -2.40. The molecule has 3 nitrogen and oxygen atoms in total. The van der Waals surface area contributed by atoms with Gasteiger partial charge < -0.3 is 0 Å². The first kappa shape index (κ1) is 14.7. The summed E-state index contributed by atoms with van der Waals surface area (Å²) in [7, 11) is -3.41. The first-order chi connectivity index (χ1) is 9.22. The van der Waals surface area contributed by atoms with Crippen LogP contribution in [0.1, 0.15) is 19.4 Å². The Bertz CT molecular complexity index is 758. The summed E-state index contributed by atoms with van der Waals surface area (Å²) >= 11 is 0. The van der Waals surface area contributed by atoms with Crippen LogP contribution in [0.5, 0.6) is 0 Å². The summed E-state index contributed by atoms with van der Waals surface area (Å²) in [5.41, 5.74) is 0.838. The van der Waals surface area contributed by atoms with Crippen molar-refractivity contribution in [2.75, 3.05) is 6.26 Å². The van der Waals surface area contributed by atoms with Crippen LogP contribution in [0.3, 0.4) is 0 Å². The summed E-state index contributed by atoms with van der Waals surface area (Å²) < 4.78 is 22.0. The van der Waals surface area contributed by atoms with Crippen molar-refractivity contribution in [3.05, 3.63) is 48.0 Å². The second-order valence-corrected chi connectivity index (χ2v) is 8.13. The number of hydrogen-bond acceptors (Lipinski definition) is 3. The predicted molar refractivity (Wildman–Crippen MR) is 81.6 cm³/mol. The summed E-state index contributed by atoms with van der Waals surface area (Å²) in [5, 5.41) is 2.15. The van der Waals surface area contributed by atoms with Crippen LogP contribution >= 0.6 is 0 Å². The van der Waals surface area contributed by atoms with Crippen molar-refractivity contribution in [3.8, 4) is 0 Å². The van der Waals surface area contributed by atoms with E-state index in [1.807, 2.05) is 42.5 Å². The van der Waals surface area contributed by atoms with E-state index in [0.717, 1.165) is 22.6 Å². The van der Waals surface area contributed by atoms with E-state index >= 15 is 0 Å². The molecule has 0 atom stereocenters. The third kappa shape index (κ3) is 2.75. The summed E-state index contributed by atoms with van der Waals surface area (Å²) in [5.74, 6) is -0.282. The van der Waals surface area contributed by atoms with E-state index in [4.69, 9.17) is 0 Å². The van der Waals surface area contributed by atoms with Crippen LogP contribution in [0.15, 0.2) is 42.5 Å². The second kappa shape index (κ2) is 5.02. The summed E-state index contributed by atoms with van der Waals surface area (Å²) in [6.07, 6.45) is 1.23. The highest BCUT2D eigenvalue weighted by Crippen LogP contribution is 2.21. The maximum atomic E-state index is 12.2. The average Bonchev–Trinajstić information content (AvgIpc) is 2.37. The minimum absolute atomic E-state index is 0.130. The highest BCUT2D eigenvalue weighted by Gasteiger charge is 2.37. The smallest absolute Gasteiger partial charge is 0.159 e. The third-order valence-corrected chi connectivity index (χ3v) is 5.86. The minimum atomic E-state index is -3.41. The van der Waals surface area contributed by atoms with E-state index in [1.165, 1.54) is 13.8 Å². The predicted octanol–water partition coefficient (Wildman–Crippen LogP) is 2.77. The number of carbonyl (C=O) groups excluding carboxylic acids is 1. The number of benzene rings is 2. The van der Waals surface area contributed by atoms with E-state index in [-0.39, 0.29) is 12.2 Å². The lowest BCUT2D eigenvalue weighted by atomic mass is 9.98. The van der Waals surface area contributed by atoms with Gasteiger partial charge in [-0.05, 0) is 30.2 Å². The molecule has 0 saturated carbocycles. The fourth-order valence-electron chi connectivity index (χ4n) is 1.95. The topological polar surface area (TPSA) is 51.2 Å². The van der Waals surface area contributed by atoms with Crippen LogP contribution < -0.4 is 0 Å². The number of Topliss-reactive ketones (excluding diaryl/α,β-unsaturated/α-hetero) is 1. The number of sulfone groups is 1. The highest BCUT2D eigenvalue weighted by molar-refractivity contribution is 7.92. The van der Waals surface area contributed by atoms with Gasteiger partial charge in [0, 0.05) is 12.7 Å². The van der Waals surface area contributed by atoms with Crippen LogP contribution in [0.2, 0.25) is 0 Å². The molecule has 0 aliphatic rings. The maximum Gasteiger partial charge on any atom is 0.159 e. The Morgan fingerprint density at radius 1 is 1.05 bits per heavy atom. The standard InChI is InChI=1S/C16H18O3S/c1-16(2,20(3,18)19)15(17)11-12-8-9-13-6-4-5-7-14(13)10-12/h4-10H,11H2,1-3H3. The number of hydrogen-bond donors (Lipinski definition) is 0. The summed E-state index contributed by atoms with van der Waals surface area (Å²) in [6, 6.07) is 13.6. The molecule has 0 amide bonds. The van der Waals surface area contributed by atoms with Gasteiger partial charge in [-0.25, -0.2) is 8.42 Å². The Hall–Kier alpha value is -1.68. The van der Waals surface area contributed by atoms with Gasteiger partial charge in [0.25, 0.3) is 0 Å². The van der Waals surface area contributed by atoms with Crippen molar-refractivity contribution in [2.45, 2.75) is 25.0 Å². The summed E-state index contributed by atoms with van der Waals surface area (Å²) in [4.78, 5) is 12.2. The van der Waals surface area contributed by atoms with Crippen molar-refractivity contribution in [2.24, 2.45) is 0 Å². The number of rotatable bonds is 4. The lowest BCUT2D eigenvalue weighted by Gasteiger charge is -2.20. The second-order valence-electron chi connectivity index (χ2n) is 5.56. The monoisotopic (exact) mass is 290 g/mol. The zero-order valence-electron chi connectivity index (χ0n) is 11.9. The van der Waals surface area contributed by atoms with Gasteiger partial charge in [0.1, 0.15) is 4.75 Å². The SMILES string of the molecule is CC(C)(C(=O)Cc1ccc2ccccc2c1)S(C)(=O)=O. The molecular formula is C16H18O3S. The molecule has 20 heavy (non-hydrogen) atoms. The molecule has 0 aliphatic carbocycles. The van der Waals surface area contributed by atoms with Gasteiger partial charge in [-0.15, -0.1) is 0 Å². The van der Waals surface area contributed by atoms with Gasteiger partial charge in [0.05, 0.1) is 0 Å². The van der Waals surface area contributed by atoms with Gasteiger partial charge >= 0.3 is 0 Å². The van der Waals surface area contributed by atoms with Crippen LogP contribution in [-0.4, -0.2) is 25.2 Å². The van der Waals surface area contributed by atoms with Gasteiger partial charge in [-0.3, -0.25) is 4.79 Å². The molecule has 0 fully saturated rings. The quantitative estimate of drug-likeness (QED) is 0.870. The van der Waals surface area contributed by atoms with Gasteiger partial charge in [0.15, 0.2) is 15.6 Å². The van der Waals surface area contributed by atoms with Crippen molar-refractivity contribution in [1.29, 1.82) is 0 Å². The van der Waals surface area contributed by atoms with Gasteiger partial charge in [0.2, 0.25) is 0 Å². The van der Waals surface area contributed by atoms with Crippen molar-refractivity contribution in [1.82, 2.24) is 0 Å². The molecule has 106 valence electrons. The Balaban J connectivity index is 2.31. The summed E-state index contributed by atoms with van der Waals surface area (Å²) in [6.45, 7) is 2.93. The molecule has 2 rings (SSSR count). The average molecular weight is 290 g/mol. The molecule has 0 saturated heterocycles. The molecule has 2 aromatic rings. The molecular weight excluding hydrogens is 272 g/mol. The van der Waals surface area contributed by atoms with E-state index in [0.29, 0.717) is 0 Å². The largest absolute Gasteiger partial charge is 0.298 e. The molecule has 0 aromatic heterocycles. The number of carbonyl (C=O) groups is 1. The van der Waals surface area contributed by atoms with E-state index in [2.05, 4.69) is 0 Å². The van der Waals surface area contributed by atoms with Gasteiger partial charge in [-0.1, -0.05) is 42.5 Å². The fraction of sp³-hybridized carbons (Fsp3) is 0.312. The molecule has 2 aromatic carbocycles. The van der Waals surface area contributed by atoms with Crippen molar-refractivity contribution < 1.29 is 13.2 Å².